The number of carbonyl (C=O) groups excluding carboxylic acids is 1. The molecule has 1 atom stereocenters. The molecule has 27 heavy (non-hydrogen) atoms. The van der Waals surface area contributed by atoms with Gasteiger partial charge in [0.15, 0.2) is 5.76 Å². The van der Waals surface area contributed by atoms with Crippen LogP contribution in [0.15, 0.2) is 64.4 Å². The lowest BCUT2D eigenvalue weighted by Crippen LogP contribution is -2.39. The summed E-state index contributed by atoms with van der Waals surface area (Å²) in [5.74, 6) is 1.28. The number of ether oxygens (including phenoxy) is 1. The summed E-state index contributed by atoms with van der Waals surface area (Å²) in [6.07, 6.45) is 1.11. The maximum absolute atomic E-state index is 12.7. The molecule has 3 aromatic rings. The average molecular weight is 383 g/mol. The second-order valence-electron chi connectivity index (χ2n) is 6.62. The van der Waals surface area contributed by atoms with E-state index >= 15 is 0 Å². The Hall–Kier alpha value is -2.57. The molecule has 0 aliphatic carbocycles. The number of piperidine rings is 1. The number of aliphatic hydroxyl groups is 1. The molecule has 1 amide bonds. The summed E-state index contributed by atoms with van der Waals surface area (Å²) in [5.41, 5.74) is 0. The Labute approximate surface area is 161 Å². The number of nitrogens with zero attached hydrogens (tertiary/aromatic N) is 1. The number of amides is 1. The first-order valence-electron chi connectivity index (χ1n) is 9.04. The molecule has 0 spiro atoms. The number of likely N-dealkylation sites (tertiary alicyclic amines) is 1. The van der Waals surface area contributed by atoms with Crippen LogP contribution in [0.2, 0.25) is 0 Å². The fourth-order valence-corrected chi connectivity index (χ4v) is 4.16. The average Bonchev–Trinajstić information content (AvgIpc) is 3.40. The van der Waals surface area contributed by atoms with E-state index in [1.807, 2.05) is 47.8 Å². The van der Waals surface area contributed by atoms with Crippen molar-refractivity contribution in [2.24, 2.45) is 5.92 Å². The van der Waals surface area contributed by atoms with E-state index in [0.29, 0.717) is 24.8 Å². The van der Waals surface area contributed by atoms with Crippen molar-refractivity contribution < 1.29 is 19.1 Å². The van der Waals surface area contributed by atoms with E-state index in [1.165, 1.54) is 0 Å². The summed E-state index contributed by atoms with van der Waals surface area (Å²) < 4.78 is 11.2. The van der Waals surface area contributed by atoms with Gasteiger partial charge in [0.1, 0.15) is 5.75 Å². The number of rotatable bonds is 5. The quantitative estimate of drug-likeness (QED) is 0.692. The third kappa shape index (κ3) is 4.07. The third-order valence-corrected chi connectivity index (χ3v) is 5.80. The van der Waals surface area contributed by atoms with Gasteiger partial charge in [0.05, 0.1) is 6.10 Å². The van der Waals surface area contributed by atoms with Crippen molar-refractivity contribution in [2.45, 2.75) is 18.9 Å². The monoisotopic (exact) mass is 383 g/mol. The number of hydrogen-bond acceptors (Lipinski definition) is 5. The standard InChI is InChI=1S/C21H21NO4S/c23-20(18-7-4-14-27-18)15-10-12-22(13-11-15)21(24)17-8-9-19(26-17)25-16-5-2-1-3-6-16/h1-9,14-15,20,23H,10-13H2. The van der Waals surface area contributed by atoms with Crippen molar-refractivity contribution in [3.63, 3.8) is 0 Å². The van der Waals surface area contributed by atoms with E-state index in [4.69, 9.17) is 9.15 Å². The van der Waals surface area contributed by atoms with Crippen LogP contribution >= 0.6 is 11.3 Å². The molecule has 4 rings (SSSR count). The predicted molar refractivity (Wildman–Crippen MR) is 103 cm³/mol. The van der Waals surface area contributed by atoms with Crippen LogP contribution in [-0.2, 0) is 0 Å². The normalized spacial score (nSPS) is 16.3. The number of aliphatic hydroxyl groups excluding tert-OH is 1. The lowest BCUT2D eigenvalue weighted by molar-refractivity contribution is 0.0451. The zero-order valence-electron chi connectivity index (χ0n) is 14.8. The third-order valence-electron chi connectivity index (χ3n) is 4.86. The van der Waals surface area contributed by atoms with E-state index < -0.39 is 6.10 Å². The minimum atomic E-state index is -0.447. The molecule has 1 saturated heterocycles. The van der Waals surface area contributed by atoms with E-state index in [-0.39, 0.29) is 17.6 Å². The number of para-hydroxylation sites is 1. The van der Waals surface area contributed by atoms with Crippen LogP contribution in [0.1, 0.15) is 34.4 Å². The van der Waals surface area contributed by atoms with Gasteiger partial charge in [-0.2, -0.15) is 0 Å². The molecule has 140 valence electrons. The smallest absolute Gasteiger partial charge is 0.290 e. The summed E-state index contributed by atoms with van der Waals surface area (Å²) in [6, 6.07) is 16.5. The van der Waals surface area contributed by atoms with E-state index in [1.54, 1.807) is 28.4 Å². The first kappa shape index (κ1) is 17.8. The highest BCUT2D eigenvalue weighted by atomic mass is 32.1. The van der Waals surface area contributed by atoms with Crippen molar-refractivity contribution in [2.75, 3.05) is 13.1 Å². The minimum absolute atomic E-state index is 0.137. The molecule has 1 N–H and O–H groups in total. The summed E-state index contributed by atoms with van der Waals surface area (Å²) in [7, 11) is 0. The fraction of sp³-hybridized carbons (Fsp3) is 0.286. The van der Waals surface area contributed by atoms with Crippen molar-refractivity contribution >= 4 is 17.2 Å². The molecule has 0 radical (unpaired) electrons. The zero-order valence-corrected chi connectivity index (χ0v) is 15.6. The van der Waals surface area contributed by atoms with Gasteiger partial charge >= 0.3 is 0 Å². The topological polar surface area (TPSA) is 62.9 Å². The van der Waals surface area contributed by atoms with Gasteiger partial charge in [-0.05, 0) is 48.4 Å². The van der Waals surface area contributed by atoms with Crippen molar-refractivity contribution in [1.29, 1.82) is 0 Å². The summed E-state index contributed by atoms with van der Waals surface area (Å²) in [6.45, 7) is 1.23. The molecule has 1 aliphatic heterocycles. The Balaban J connectivity index is 1.34. The molecule has 0 bridgehead atoms. The minimum Gasteiger partial charge on any atom is -0.426 e. The van der Waals surface area contributed by atoms with Crippen LogP contribution in [0.3, 0.4) is 0 Å². The Kier molecular flexibility index (Phi) is 5.27. The van der Waals surface area contributed by atoms with Crippen LogP contribution in [0.25, 0.3) is 0 Å². The first-order chi connectivity index (χ1) is 13.2. The predicted octanol–water partition coefficient (Wildman–Crippen LogP) is 4.72. The lowest BCUT2D eigenvalue weighted by atomic mass is 9.90. The Morgan fingerprint density at radius 2 is 1.89 bits per heavy atom. The second kappa shape index (κ2) is 7.98. The van der Waals surface area contributed by atoms with Crippen LogP contribution < -0.4 is 4.74 Å². The number of carbonyl (C=O) groups is 1. The van der Waals surface area contributed by atoms with Gasteiger partial charge < -0.3 is 19.2 Å². The van der Waals surface area contributed by atoms with E-state index in [0.717, 1.165) is 17.7 Å². The van der Waals surface area contributed by atoms with E-state index in [2.05, 4.69) is 0 Å². The van der Waals surface area contributed by atoms with Gasteiger partial charge in [-0.15, -0.1) is 11.3 Å². The highest BCUT2D eigenvalue weighted by Crippen LogP contribution is 2.33. The maximum atomic E-state index is 12.7. The largest absolute Gasteiger partial charge is 0.426 e. The van der Waals surface area contributed by atoms with Crippen LogP contribution in [-0.4, -0.2) is 29.0 Å². The second-order valence-corrected chi connectivity index (χ2v) is 7.60. The van der Waals surface area contributed by atoms with Crippen LogP contribution in [0, 0.1) is 5.92 Å². The molecule has 1 aromatic carbocycles. The lowest BCUT2D eigenvalue weighted by Gasteiger charge is -2.33. The van der Waals surface area contributed by atoms with Gasteiger partial charge in [0.25, 0.3) is 11.9 Å². The zero-order chi connectivity index (χ0) is 18.6. The molecule has 6 heteroatoms. The van der Waals surface area contributed by atoms with Gasteiger partial charge in [-0.1, -0.05) is 24.3 Å². The number of furan rings is 1. The maximum Gasteiger partial charge on any atom is 0.290 e. The molecule has 2 aromatic heterocycles. The first-order valence-corrected chi connectivity index (χ1v) is 9.92. The Morgan fingerprint density at radius 3 is 2.59 bits per heavy atom. The number of thiophene rings is 1. The number of benzene rings is 1. The molecule has 1 aliphatic rings. The number of hydrogen-bond donors (Lipinski definition) is 1. The molecular formula is C21H21NO4S. The van der Waals surface area contributed by atoms with Crippen molar-refractivity contribution in [3.05, 3.63) is 70.6 Å². The fourth-order valence-electron chi connectivity index (χ4n) is 3.36. The van der Waals surface area contributed by atoms with Crippen molar-refractivity contribution in [1.82, 2.24) is 4.90 Å². The molecule has 1 fully saturated rings. The van der Waals surface area contributed by atoms with Crippen LogP contribution in [0.4, 0.5) is 0 Å². The summed E-state index contributed by atoms with van der Waals surface area (Å²) in [5, 5.41) is 12.5. The van der Waals surface area contributed by atoms with Gasteiger partial charge in [0.2, 0.25) is 0 Å². The Bertz CT molecular complexity index is 867. The van der Waals surface area contributed by atoms with Gasteiger partial charge in [0, 0.05) is 24.0 Å². The molecular weight excluding hydrogens is 362 g/mol. The molecule has 5 nitrogen and oxygen atoms in total. The van der Waals surface area contributed by atoms with Gasteiger partial charge in [-0.3, -0.25) is 4.79 Å². The molecule has 3 heterocycles. The van der Waals surface area contributed by atoms with Crippen LogP contribution in [0.5, 0.6) is 11.7 Å². The molecule has 1 unspecified atom stereocenters. The highest BCUT2D eigenvalue weighted by molar-refractivity contribution is 7.10. The summed E-state index contributed by atoms with van der Waals surface area (Å²) in [4.78, 5) is 15.5. The highest BCUT2D eigenvalue weighted by Gasteiger charge is 2.30. The van der Waals surface area contributed by atoms with E-state index in [9.17, 15) is 9.90 Å². The Morgan fingerprint density at radius 1 is 1.11 bits per heavy atom. The SMILES string of the molecule is O=C(c1ccc(Oc2ccccc2)o1)N1CCC(C(O)c2cccs2)CC1. The van der Waals surface area contributed by atoms with Gasteiger partial charge in [-0.25, -0.2) is 0 Å². The van der Waals surface area contributed by atoms with Crippen molar-refractivity contribution in [3.8, 4) is 11.7 Å². The summed E-state index contributed by atoms with van der Waals surface area (Å²) >= 11 is 1.57. The molecule has 0 saturated carbocycles.